The highest BCUT2D eigenvalue weighted by Gasteiger charge is 2.23. The van der Waals surface area contributed by atoms with E-state index in [2.05, 4.69) is 110 Å². The van der Waals surface area contributed by atoms with Crippen molar-refractivity contribution in [3.8, 4) is 0 Å². The first-order chi connectivity index (χ1) is 16.8. The summed E-state index contributed by atoms with van der Waals surface area (Å²) in [5.74, 6) is 1.33. The molecule has 0 aliphatic carbocycles. The average molecular weight is 448 g/mol. The Balaban J connectivity index is 1.61. The first kappa shape index (κ1) is 20.4. The van der Waals surface area contributed by atoms with E-state index in [-0.39, 0.29) is 5.95 Å². The topological polar surface area (TPSA) is 83.2 Å². The predicted octanol–water partition coefficient (Wildman–Crippen LogP) is 4.64. The van der Waals surface area contributed by atoms with Crippen LogP contribution in [0.3, 0.4) is 0 Å². The molecule has 0 atom stereocenters. The minimum absolute atomic E-state index is 0.212. The lowest BCUT2D eigenvalue weighted by Gasteiger charge is -2.29. The zero-order valence-electron chi connectivity index (χ0n) is 18.7. The van der Waals surface area contributed by atoms with Crippen molar-refractivity contribution in [2.45, 2.75) is 0 Å². The number of hydrogen-bond donors (Lipinski definition) is 2. The maximum absolute atomic E-state index is 6.25. The number of nitrogen functional groups attached to an aromatic ring is 1. The second-order valence-electron chi connectivity index (χ2n) is 8.36. The van der Waals surface area contributed by atoms with Crippen molar-refractivity contribution in [3.05, 3.63) is 84.9 Å². The number of hydrogen-bond acceptors (Lipinski definition) is 7. The normalized spacial score (nSPS) is 13.9. The lowest BCUT2D eigenvalue weighted by atomic mass is 10.0. The van der Waals surface area contributed by atoms with Gasteiger partial charge in [-0.3, -0.25) is 4.90 Å². The SMILES string of the molecule is Nc1nc(N2CCNCC2)nc(N(c2cccc3ccccc23)c2cccc3ccccc23)n1. The van der Waals surface area contributed by atoms with Crippen molar-refractivity contribution in [3.63, 3.8) is 0 Å². The van der Waals surface area contributed by atoms with Crippen LogP contribution in [0.4, 0.5) is 29.2 Å². The number of nitrogens with two attached hydrogens (primary N) is 1. The Kier molecular flexibility index (Phi) is 5.16. The molecule has 6 rings (SSSR count). The van der Waals surface area contributed by atoms with Gasteiger partial charge in [0.1, 0.15) is 0 Å². The van der Waals surface area contributed by atoms with E-state index in [4.69, 9.17) is 10.7 Å². The Bertz CT molecular complexity index is 1390. The molecule has 5 aromatic rings. The molecule has 7 heteroatoms. The van der Waals surface area contributed by atoms with Crippen LogP contribution in [0.2, 0.25) is 0 Å². The van der Waals surface area contributed by atoms with Gasteiger partial charge in [-0.15, -0.1) is 0 Å². The maximum atomic E-state index is 6.25. The van der Waals surface area contributed by atoms with Gasteiger partial charge < -0.3 is 16.0 Å². The van der Waals surface area contributed by atoms with Gasteiger partial charge in [-0.2, -0.15) is 15.0 Å². The van der Waals surface area contributed by atoms with Gasteiger partial charge in [-0.25, -0.2) is 0 Å². The fraction of sp³-hybridized carbons (Fsp3) is 0.148. The number of anilines is 5. The number of benzene rings is 4. The molecular weight excluding hydrogens is 422 g/mol. The van der Waals surface area contributed by atoms with E-state index in [0.29, 0.717) is 11.9 Å². The van der Waals surface area contributed by atoms with E-state index in [1.54, 1.807) is 0 Å². The van der Waals surface area contributed by atoms with E-state index in [0.717, 1.165) is 59.1 Å². The molecule has 0 saturated carbocycles. The second kappa shape index (κ2) is 8.61. The summed E-state index contributed by atoms with van der Waals surface area (Å²) in [4.78, 5) is 18.3. The van der Waals surface area contributed by atoms with Gasteiger partial charge in [-0.05, 0) is 22.9 Å². The predicted molar refractivity (Wildman–Crippen MR) is 139 cm³/mol. The largest absolute Gasteiger partial charge is 0.368 e. The molecule has 0 spiro atoms. The summed E-state index contributed by atoms with van der Waals surface area (Å²) in [6, 6.07) is 29.3. The Hall–Kier alpha value is -4.23. The molecule has 0 bridgehead atoms. The van der Waals surface area contributed by atoms with Gasteiger partial charge in [0.25, 0.3) is 0 Å². The molecule has 1 aliphatic heterocycles. The highest BCUT2D eigenvalue weighted by molar-refractivity contribution is 6.03. The van der Waals surface area contributed by atoms with E-state index in [9.17, 15) is 0 Å². The van der Waals surface area contributed by atoms with Gasteiger partial charge in [0.05, 0.1) is 11.4 Å². The quantitative estimate of drug-likeness (QED) is 0.415. The summed E-state index contributed by atoms with van der Waals surface area (Å²) < 4.78 is 0. The first-order valence-electron chi connectivity index (χ1n) is 11.5. The van der Waals surface area contributed by atoms with Crippen molar-refractivity contribution in [1.29, 1.82) is 0 Å². The van der Waals surface area contributed by atoms with Crippen LogP contribution in [0.15, 0.2) is 84.9 Å². The van der Waals surface area contributed by atoms with Crippen LogP contribution in [0.5, 0.6) is 0 Å². The lowest BCUT2D eigenvalue weighted by Crippen LogP contribution is -2.44. The van der Waals surface area contributed by atoms with Crippen LogP contribution in [-0.2, 0) is 0 Å². The van der Waals surface area contributed by atoms with Crippen LogP contribution in [-0.4, -0.2) is 41.1 Å². The Morgan fingerprint density at radius 1 is 0.676 bits per heavy atom. The fourth-order valence-electron chi connectivity index (χ4n) is 4.63. The molecule has 7 nitrogen and oxygen atoms in total. The summed E-state index contributed by atoms with van der Waals surface area (Å²) in [7, 11) is 0. The minimum Gasteiger partial charge on any atom is -0.368 e. The molecule has 1 saturated heterocycles. The number of piperazine rings is 1. The van der Waals surface area contributed by atoms with E-state index < -0.39 is 0 Å². The molecule has 1 aromatic heterocycles. The molecule has 34 heavy (non-hydrogen) atoms. The molecule has 4 aromatic carbocycles. The summed E-state index contributed by atoms with van der Waals surface area (Å²) in [5.41, 5.74) is 8.24. The molecule has 1 aliphatic rings. The highest BCUT2D eigenvalue weighted by atomic mass is 15.4. The molecule has 2 heterocycles. The Morgan fingerprint density at radius 3 is 1.85 bits per heavy atom. The van der Waals surface area contributed by atoms with Crippen LogP contribution in [0.25, 0.3) is 21.5 Å². The zero-order chi connectivity index (χ0) is 22.9. The van der Waals surface area contributed by atoms with Crippen LogP contribution >= 0.6 is 0 Å². The van der Waals surface area contributed by atoms with Crippen molar-refractivity contribution in [2.24, 2.45) is 0 Å². The van der Waals surface area contributed by atoms with E-state index in [1.807, 2.05) is 0 Å². The number of nitrogens with one attached hydrogen (secondary N) is 1. The van der Waals surface area contributed by atoms with Gasteiger partial charge in [0, 0.05) is 37.0 Å². The molecule has 0 amide bonds. The van der Waals surface area contributed by atoms with Crippen LogP contribution in [0.1, 0.15) is 0 Å². The number of aromatic nitrogens is 3. The van der Waals surface area contributed by atoms with Crippen molar-refractivity contribution in [1.82, 2.24) is 20.3 Å². The fourth-order valence-corrected chi connectivity index (χ4v) is 4.63. The smallest absolute Gasteiger partial charge is 0.241 e. The monoisotopic (exact) mass is 447 g/mol. The molecule has 3 N–H and O–H groups in total. The molecule has 1 fully saturated rings. The van der Waals surface area contributed by atoms with Crippen LogP contribution in [0, 0.1) is 0 Å². The van der Waals surface area contributed by atoms with Gasteiger partial charge >= 0.3 is 0 Å². The number of fused-ring (bicyclic) bond motifs is 2. The third-order valence-corrected chi connectivity index (χ3v) is 6.24. The zero-order valence-corrected chi connectivity index (χ0v) is 18.7. The Labute approximate surface area is 197 Å². The van der Waals surface area contributed by atoms with Gasteiger partial charge in [0.15, 0.2) is 0 Å². The molecular formula is C27H25N7. The standard InChI is InChI=1S/C27H25N7/c28-25-30-26(33-17-15-29-16-18-33)32-27(31-25)34(23-13-5-9-19-7-1-3-11-21(19)23)24-14-6-10-20-8-2-4-12-22(20)24/h1-14,29H,15-18H2,(H2,28,30,31,32). The number of rotatable bonds is 4. The molecule has 168 valence electrons. The second-order valence-corrected chi connectivity index (χ2v) is 8.36. The van der Waals surface area contributed by atoms with Crippen LogP contribution < -0.4 is 20.9 Å². The van der Waals surface area contributed by atoms with E-state index in [1.165, 1.54) is 0 Å². The molecule has 0 radical (unpaired) electrons. The lowest BCUT2D eigenvalue weighted by molar-refractivity contribution is 0.579. The van der Waals surface area contributed by atoms with Crippen molar-refractivity contribution in [2.75, 3.05) is 41.7 Å². The van der Waals surface area contributed by atoms with E-state index >= 15 is 0 Å². The highest BCUT2D eigenvalue weighted by Crippen LogP contribution is 2.40. The Morgan fingerprint density at radius 2 is 1.24 bits per heavy atom. The molecule has 0 unspecified atom stereocenters. The van der Waals surface area contributed by atoms with Crippen molar-refractivity contribution >= 4 is 50.8 Å². The van der Waals surface area contributed by atoms with Crippen molar-refractivity contribution < 1.29 is 0 Å². The summed E-state index contributed by atoms with van der Waals surface area (Å²) >= 11 is 0. The maximum Gasteiger partial charge on any atom is 0.241 e. The number of nitrogens with zero attached hydrogens (tertiary/aromatic N) is 5. The third-order valence-electron chi connectivity index (χ3n) is 6.24. The third kappa shape index (κ3) is 3.66. The van der Waals surface area contributed by atoms with Gasteiger partial charge in [0.2, 0.25) is 17.8 Å². The first-order valence-corrected chi connectivity index (χ1v) is 11.5. The van der Waals surface area contributed by atoms with Gasteiger partial charge in [-0.1, -0.05) is 72.8 Å². The average Bonchev–Trinajstić information content (AvgIpc) is 2.89. The summed E-state index contributed by atoms with van der Waals surface area (Å²) in [5, 5.41) is 7.89. The summed E-state index contributed by atoms with van der Waals surface area (Å²) in [6.45, 7) is 3.42. The summed E-state index contributed by atoms with van der Waals surface area (Å²) in [6.07, 6.45) is 0. The minimum atomic E-state index is 0.212.